The van der Waals surface area contributed by atoms with E-state index in [2.05, 4.69) is 0 Å². The molecule has 0 aromatic heterocycles. The molecule has 0 aliphatic rings. The minimum Gasteiger partial charge on any atom is -0.507 e. The Hall–Kier alpha value is -1.70. The van der Waals surface area contributed by atoms with Gasteiger partial charge in [0.1, 0.15) is 11.5 Å². The van der Waals surface area contributed by atoms with Crippen LogP contribution in [0.2, 0.25) is 0 Å². The van der Waals surface area contributed by atoms with Crippen molar-refractivity contribution in [2.45, 2.75) is 13.8 Å². The highest BCUT2D eigenvalue weighted by Crippen LogP contribution is 2.34. The number of hydrogen-bond acceptors (Lipinski definition) is 2. The molecule has 0 spiro atoms. The van der Waals surface area contributed by atoms with E-state index in [9.17, 15) is 10.2 Å². The van der Waals surface area contributed by atoms with Crippen molar-refractivity contribution in [3.05, 3.63) is 35.4 Å². The number of rotatable bonds is 0. The standard InChI is InChI=1S/C12H12O2/c1-7-3-5-10-9(11(7)13)6-4-8(2)12(10)14/h3-6,13-14H,1-2H3. The van der Waals surface area contributed by atoms with Gasteiger partial charge in [0.15, 0.2) is 0 Å². The van der Waals surface area contributed by atoms with Crippen molar-refractivity contribution in [2.75, 3.05) is 0 Å². The van der Waals surface area contributed by atoms with E-state index in [1.165, 1.54) is 0 Å². The van der Waals surface area contributed by atoms with Crippen LogP contribution in [0.1, 0.15) is 11.1 Å². The molecule has 0 aliphatic carbocycles. The van der Waals surface area contributed by atoms with E-state index in [-0.39, 0.29) is 11.5 Å². The van der Waals surface area contributed by atoms with Gasteiger partial charge in [0, 0.05) is 10.8 Å². The second kappa shape index (κ2) is 2.91. The smallest absolute Gasteiger partial charge is 0.126 e. The number of aryl methyl sites for hydroxylation is 2. The van der Waals surface area contributed by atoms with E-state index in [1.54, 1.807) is 12.1 Å². The maximum absolute atomic E-state index is 9.76. The fraction of sp³-hybridized carbons (Fsp3) is 0.167. The average molecular weight is 188 g/mol. The molecule has 2 N–H and O–H groups in total. The van der Waals surface area contributed by atoms with Gasteiger partial charge in [0.05, 0.1) is 0 Å². The highest BCUT2D eigenvalue weighted by molar-refractivity contribution is 5.94. The van der Waals surface area contributed by atoms with Gasteiger partial charge in [-0.05, 0) is 25.0 Å². The molecule has 0 aliphatic heterocycles. The molecule has 2 rings (SSSR count). The zero-order valence-electron chi connectivity index (χ0n) is 8.20. The summed E-state index contributed by atoms with van der Waals surface area (Å²) >= 11 is 0. The predicted octanol–water partition coefficient (Wildman–Crippen LogP) is 2.87. The number of hydrogen-bond donors (Lipinski definition) is 2. The predicted molar refractivity (Wildman–Crippen MR) is 56.8 cm³/mol. The molecule has 0 unspecified atom stereocenters. The van der Waals surface area contributed by atoms with Gasteiger partial charge in [-0.2, -0.15) is 0 Å². The first-order valence-electron chi connectivity index (χ1n) is 4.52. The Morgan fingerprint density at radius 2 is 1.07 bits per heavy atom. The van der Waals surface area contributed by atoms with E-state index < -0.39 is 0 Å². The quantitative estimate of drug-likeness (QED) is 0.667. The number of fused-ring (bicyclic) bond motifs is 1. The van der Waals surface area contributed by atoms with Crippen LogP contribution < -0.4 is 0 Å². The first-order chi connectivity index (χ1) is 6.61. The Labute approximate surface area is 82.4 Å². The summed E-state index contributed by atoms with van der Waals surface area (Å²) in [6.07, 6.45) is 0. The molecule has 0 saturated heterocycles. The Morgan fingerprint density at radius 3 is 1.43 bits per heavy atom. The van der Waals surface area contributed by atoms with Crippen molar-refractivity contribution in [1.82, 2.24) is 0 Å². The third kappa shape index (κ3) is 1.11. The molecule has 72 valence electrons. The molecule has 0 bridgehead atoms. The largest absolute Gasteiger partial charge is 0.507 e. The van der Waals surface area contributed by atoms with Gasteiger partial charge in [0.25, 0.3) is 0 Å². The second-order valence-corrected chi connectivity index (χ2v) is 3.56. The SMILES string of the molecule is Cc1ccc2c(O)c(C)ccc2c1O. The van der Waals surface area contributed by atoms with Crippen molar-refractivity contribution < 1.29 is 10.2 Å². The Kier molecular flexibility index (Phi) is 1.84. The van der Waals surface area contributed by atoms with Crippen LogP contribution in [0.4, 0.5) is 0 Å². The van der Waals surface area contributed by atoms with Crippen molar-refractivity contribution in [2.24, 2.45) is 0 Å². The fourth-order valence-corrected chi connectivity index (χ4v) is 1.59. The van der Waals surface area contributed by atoms with Crippen molar-refractivity contribution in [3.63, 3.8) is 0 Å². The highest BCUT2D eigenvalue weighted by Gasteiger charge is 2.07. The first kappa shape index (κ1) is 8.88. The van der Waals surface area contributed by atoms with Crippen molar-refractivity contribution >= 4 is 10.8 Å². The normalized spacial score (nSPS) is 10.7. The number of phenols is 2. The summed E-state index contributed by atoms with van der Waals surface area (Å²) in [5.41, 5.74) is 1.64. The van der Waals surface area contributed by atoms with Gasteiger partial charge < -0.3 is 10.2 Å². The van der Waals surface area contributed by atoms with Crippen LogP contribution in [0.3, 0.4) is 0 Å². The molecular formula is C12H12O2. The summed E-state index contributed by atoms with van der Waals surface area (Å²) in [6, 6.07) is 7.26. The van der Waals surface area contributed by atoms with E-state index >= 15 is 0 Å². The number of aromatic hydroxyl groups is 2. The molecule has 0 fully saturated rings. The van der Waals surface area contributed by atoms with Crippen LogP contribution in [0, 0.1) is 13.8 Å². The molecule has 14 heavy (non-hydrogen) atoms. The molecule has 0 saturated carbocycles. The average Bonchev–Trinajstić information content (AvgIpc) is 2.17. The highest BCUT2D eigenvalue weighted by atomic mass is 16.3. The topological polar surface area (TPSA) is 40.5 Å². The van der Waals surface area contributed by atoms with Crippen molar-refractivity contribution in [1.29, 1.82) is 0 Å². The van der Waals surface area contributed by atoms with Crippen LogP contribution in [0.15, 0.2) is 24.3 Å². The minimum absolute atomic E-state index is 0.248. The van der Waals surface area contributed by atoms with Gasteiger partial charge in [-0.25, -0.2) is 0 Å². The lowest BCUT2D eigenvalue weighted by atomic mass is 10.0. The van der Waals surface area contributed by atoms with Crippen LogP contribution in [-0.4, -0.2) is 10.2 Å². The van der Waals surface area contributed by atoms with Crippen LogP contribution in [0.25, 0.3) is 10.8 Å². The van der Waals surface area contributed by atoms with Gasteiger partial charge >= 0.3 is 0 Å². The van der Waals surface area contributed by atoms with Crippen LogP contribution >= 0.6 is 0 Å². The lowest BCUT2D eigenvalue weighted by molar-refractivity contribution is 0.471. The summed E-state index contributed by atoms with van der Waals surface area (Å²) in [4.78, 5) is 0. The van der Waals surface area contributed by atoms with Gasteiger partial charge in [-0.15, -0.1) is 0 Å². The Morgan fingerprint density at radius 1 is 0.714 bits per heavy atom. The maximum Gasteiger partial charge on any atom is 0.126 e. The number of benzene rings is 2. The monoisotopic (exact) mass is 188 g/mol. The van der Waals surface area contributed by atoms with Gasteiger partial charge in [-0.1, -0.05) is 24.3 Å². The minimum atomic E-state index is 0.248. The Balaban J connectivity index is 2.94. The van der Waals surface area contributed by atoms with E-state index in [0.29, 0.717) is 10.8 Å². The summed E-state index contributed by atoms with van der Waals surface area (Å²) in [5.74, 6) is 0.496. The van der Waals surface area contributed by atoms with Crippen LogP contribution in [-0.2, 0) is 0 Å². The lowest BCUT2D eigenvalue weighted by Crippen LogP contribution is -1.82. The molecule has 2 nitrogen and oxygen atoms in total. The molecule has 0 heterocycles. The number of phenolic OH excluding ortho intramolecular Hbond substituents is 2. The zero-order valence-corrected chi connectivity index (χ0v) is 8.20. The van der Waals surface area contributed by atoms with E-state index in [0.717, 1.165) is 11.1 Å². The maximum atomic E-state index is 9.76. The third-order valence-corrected chi connectivity index (χ3v) is 2.55. The van der Waals surface area contributed by atoms with E-state index in [1.807, 2.05) is 26.0 Å². The van der Waals surface area contributed by atoms with Crippen molar-refractivity contribution in [3.8, 4) is 11.5 Å². The molecule has 0 radical (unpaired) electrons. The Bertz CT molecular complexity index is 454. The second-order valence-electron chi connectivity index (χ2n) is 3.56. The molecule has 0 atom stereocenters. The summed E-state index contributed by atoms with van der Waals surface area (Å²) in [5, 5.41) is 20.9. The third-order valence-electron chi connectivity index (χ3n) is 2.55. The molecular weight excluding hydrogens is 176 g/mol. The zero-order chi connectivity index (χ0) is 10.3. The van der Waals surface area contributed by atoms with E-state index in [4.69, 9.17) is 0 Å². The molecule has 2 aromatic carbocycles. The molecule has 0 amide bonds. The summed E-state index contributed by atoms with van der Waals surface area (Å²) in [7, 11) is 0. The van der Waals surface area contributed by atoms with Crippen LogP contribution in [0.5, 0.6) is 11.5 Å². The summed E-state index contributed by atoms with van der Waals surface area (Å²) < 4.78 is 0. The fourth-order valence-electron chi connectivity index (χ4n) is 1.59. The molecule has 2 heteroatoms. The summed E-state index contributed by atoms with van der Waals surface area (Å²) in [6.45, 7) is 3.68. The van der Waals surface area contributed by atoms with Gasteiger partial charge in [0.2, 0.25) is 0 Å². The first-order valence-corrected chi connectivity index (χ1v) is 4.52. The lowest BCUT2D eigenvalue weighted by Gasteiger charge is -2.07. The van der Waals surface area contributed by atoms with Gasteiger partial charge in [-0.3, -0.25) is 0 Å². The molecule has 2 aromatic rings.